The molecular weight excluding hydrogens is 368 g/mol. The molecule has 1 saturated carbocycles. The average Bonchev–Trinajstić information content (AvgIpc) is 3.21. The monoisotopic (exact) mass is 376 g/mol. The molecule has 8 heteroatoms. The number of alkyl halides is 3. The number of amides is 2. The van der Waals surface area contributed by atoms with E-state index in [1.165, 1.54) is 0 Å². The second-order valence-corrected chi connectivity index (χ2v) is 6.04. The van der Waals surface area contributed by atoms with E-state index in [2.05, 4.69) is 33.1 Å². The van der Waals surface area contributed by atoms with E-state index in [0.29, 0.717) is 0 Å². The second kappa shape index (κ2) is 4.88. The molecule has 0 aromatic heterocycles. The van der Waals surface area contributed by atoms with Crippen molar-refractivity contribution >= 4 is 27.6 Å². The molecule has 2 aliphatic rings. The number of benzene rings is 1. The summed E-state index contributed by atoms with van der Waals surface area (Å²) >= 11 is 2.89. The lowest BCUT2D eigenvalue weighted by molar-refractivity contribution is -0.178. The smallest absolute Gasteiger partial charge is 0.310 e. The van der Waals surface area contributed by atoms with Gasteiger partial charge in [-0.3, -0.25) is 0 Å². The van der Waals surface area contributed by atoms with E-state index in [4.69, 9.17) is 0 Å². The molecule has 1 aromatic rings. The van der Waals surface area contributed by atoms with Gasteiger partial charge in [-0.2, -0.15) is 13.2 Å². The number of anilines is 1. The quantitative estimate of drug-likeness (QED) is 0.523. The highest BCUT2D eigenvalue weighted by molar-refractivity contribution is 9.10. The van der Waals surface area contributed by atoms with Crippen LogP contribution in [0.3, 0.4) is 0 Å². The van der Waals surface area contributed by atoms with Crippen LogP contribution in [0.15, 0.2) is 16.6 Å². The van der Waals surface area contributed by atoms with Gasteiger partial charge in [-0.05, 0) is 40.9 Å². The number of fused-ring (bicyclic) bond motifs is 1. The second-order valence-electron chi connectivity index (χ2n) is 5.18. The number of nitrogens with one attached hydrogen (secondary N) is 2. The Bertz CT molecular complexity index is 718. The van der Waals surface area contributed by atoms with Gasteiger partial charge in [0.2, 0.25) is 5.54 Å². The molecule has 116 valence electrons. The van der Waals surface area contributed by atoms with Gasteiger partial charge >= 0.3 is 12.2 Å². The highest BCUT2D eigenvalue weighted by Gasteiger charge is 2.59. The van der Waals surface area contributed by atoms with E-state index in [1.807, 2.05) is 5.32 Å². The first-order valence-corrected chi connectivity index (χ1v) is 7.20. The van der Waals surface area contributed by atoms with Crippen LogP contribution < -0.4 is 10.6 Å². The van der Waals surface area contributed by atoms with Crippen molar-refractivity contribution in [1.82, 2.24) is 5.32 Å². The lowest BCUT2D eigenvalue weighted by Gasteiger charge is -2.37. The minimum Gasteiger partial charge on any atom is -0.310 e. The zero-order valence-corrected chi connectivity index (χ0v) is 12.5. The molecule has 1 heterocycles. The fourth-order valence-corrected chi connectivity index (χ4v) is 2.53. The zero-order valence-electron chi connectivity index (χ0n) is 10.9. The van der Waals surface area contributed by atoms with Crippen LogP contribution in [-0.2, 0) is 5.54 Å². The SMILES string of the molecule is O=C1Nc2cc(Br)c(F)cc2[C@](C#CC2CC2)(C(F)(F)F)N1. The van der Waals surface area contributed by atoms with Crippen molar-refractivity contribution in [2.45, 2.75) is 24.6 Å². The van der Waals surface area contributed by atoms with E-state index in [-0.39, 0.29) is 16.1 Å². The van der Waals surface area contributed by atoms with E-state index in [1.54, 1.807) is 0 Å². The van der Waals surface area contributed by atoms with Gasteiger partial charge in [0.05, 0.1) is 10.2 Å². The fraction of sp³-hybridized carbons (Fsp3) is 0.357. The molecule has 22 heavy (non-hydrogen) atoms. The molecule has 0 bridgehead atoms. The Labute approximate surface area is 131 Å². The molecule has 2 amide bonds. The summed E-state index contributed by atoms with van der Waals surface area (Å²) in [7, 11) is 0. The van der Waals surface area contributed by atoms with Gasteiger partial charge < -0.3 is 10.6 Å². The number of halogens is 5. The first kappa shape index (κ1) is 15.2. The molecule has 1 fully saturated rings. The maximum Gasteiger partial charge on any atom is 0.427 e. The number of carbonyl (C=O) groups is 1. The first-order chi connectivity index (χ1) is 10.2. The predicted octanol–water partition coefficient (Wildman–Crippen LogP) is 3.89. The summed E-state index contributed by atoms with van der Waals surface area (Å²) in [6.45, 7) is 0. The van der Waals surface area contributed by atoms with Gasteiger partial charge in [0.25, 0.3) is 0 Å². The molecule has 0 radical (unpaired) electrons. The third kappa shape index (κ3) is 2.43. The first-order valence-electron chi connectivity index (χ1n) is 6.41. The summed E-state index contributed by atoms with van der Waals surface area (Å²) < 4.78 is 54.7. The summed E-state index contributed by atoms with van der Waals surface area (Å²) in [4.78, 5) is 11.6. The number of urea groups is 1. The van der Waals surface area contributed by atoms with Crippen molar-refractivity contribution in [2.24, 2.45) is 5.92 Å². The Hall–Kier alpha value is -1.75. The number of rotatable bonds is 0. The standard InChI is InChI=1S/C14H9BrF4N2O/c15-9-6-11-8(5-10(9)16)13(14(17,18)19,21-12(22)20-11)4-3-7-1-2-7/h5-7H,1-2H2,(H2,20,21,22)/t13-/m1/s1. The summed E-state index contributed by atoms with van der Waals surface area (Å²) in [6, 6.07) is 0.803. The predicted molar refractivity (Wildman–Crippen MR) is 74.5 cm³/mol. The Balaban J connectivity index is 2.24. The summed E-state index contributed by atoms with van der Waals surface area (Å²) in [5.74, 6) is 3.70. The van der Waals surface area contributed by atoms with Crippen molar-refractivity contribution in [1.29, 1.82) is 0 Å². The van der Waals surface area contributed by atoms with E-state index < -0.39 is 29.1 Å². The lowest BCUT2D eigenvalue weighted by Crippen LogP contribution is -2.59. The topological polar surface area (TPSA) is 41.1 Å². The largest absolute Gasteiger partial charge is 0.427 e. The van der Waals surface area contributed by atoms with Crippen LogP contribution in [0, 0.1) is 23.6 Å². The van der Waals surface area contributed by atoms with Crippen LogP contribution in [0.25, 0.3) is 0 Å². The lowest BCUT2D eigenvalue weighted by atomic mass is 9.86. The highest BCUT2D eigenvalue weighted by atomic mass is 79.9. The number of hydrogen-bond acceptors (Lipinski definition) is 1. The molecule has 3 nitrogen and oxygen atoms in total. The van der Waals surface area contributed by atoms with E-state index >= 15 is 0 Å². The van der Waals surface area contributed by atoms with Crippen LogP contribution in [0.5, 0.6) is 0 Å². The van der Waals surface area contributed by atoms with Gasteiger partial charge in [-0.15, -0.1) is 0 Å². The van der Waals surface area contributed by atoms with Crippen LogP contribution in [0.1, 0.15) is 18.4 Å². The maximum atomic E-state index is 13.7. The molecule has 1 aliphatic carbocycles. The van der Waals surface area contributed by atoms with Gasteiger partial charge in [0.1, 0.15) is 5.82 Å². The zero-order chi connectivity index (χ0) is 16.1. The van der Waals surface area contributed by atoms with Crippen LogP contribution >= 0.6 is 15.9 Å². The molecule has 1 aliphatic heterocycles. The van der Waals surface area contributed by atoms with Crippen molar-refractivity contribution in [3.63, 3.8) is 0 Å². The molecule has 0 saturated heterocycles. The molecule has 0 unspecified atom stereocenters. The Kier molecular flexibility index (Phi) is 3.36. The molecule has 1 atom stereocenters. The maximum absolute atomic E-state index is 13.7. The van der Waals surface area contributed by atoms with Crippen LogP contribution in [0.2, 0.25) is 0 Å². The molecule has 0 spiro atoms. The number of hydrogen-bond donors (Lipinski definition) is 2. The molecule has 2 N–H and O–H groups in total. The molecular formula is C14H9BrF4N2O. The highest BCUT2D eigenvalue weighted by Crippen LogP contribution is 2.45. The molecule has 1 aromatic carbocycles. The van der Waals surface area contributed by atoms with Crippen molar-refractivity contribution in [3.8, 4) is 11.8 Å². The van der Waals surface area contributed by atoms with Crippen molar-refractivity contribution in [3.05, 3.63) is 28.0 Å². The van der Waals surface area contributed by atoms with Gasteiger partial charge in [-0.1, -0.05) is 11.8 Å². The summed E-state index contributed by atoms with van der Waals surface area (Å²) in [6.07, 6.45) is -3.43. The normalized spacial score (nSPS) is 23.8. The third-order valence-electron chi connectivity index (χ3n) is 3.48. The van der Waals surface area contributed by atoms with Gasteiger partial charge in [0, 0.05) is 11.5 Å². The van der Waals surface area contributed by atoms with Gasteiger partial charge in [-0.25, -0.2) is 9.18 Å². The van der Waals surface area contributed by atoms with Crippen molar-refractivity contribution < 1.29 is 22.4 Å². The number of carbonyl (C=O) groups excluding carboxylic acids is 1. The van der Waals surface area contributed by atoms with Crippen LogP contribution in [0.4, 0.5) is 28.0 Å². The Morgan fingerprint density at radius 1 is 1.32 bits per heavy atom. The minimum atomic E-state index is -4.89. The third-order valence-corrected chi connectivity index (χ3v) is 4.09. The minimum absolute atomic E-state index is 0.0420. The Morgan fingerprint density at radius 3 is 2.59 bits per heavy atom. The van der Waals surface area contributed by atoms with Crippen molar-refractivity contribution in [2.75, 3.05) is 5.32 Å². The summed E-state index contributed by atoms with van der Waals surface area (Å²) in [5, 5.41) is 4.07. The fourth-order valence-electron chi connectivity index (χ4n) is 2.18. The van der Waals surface area contributed by atoms with E-state index in [9.17, 15) is 22.4 Å². The average molecular weight is 377 g/mol. The van der Waals surface area contributed by atoms with Crippen LogP contribution in [-0.4, -0.2) is 12.2 Å². The van der Waals surface area contributed by atoms with E-state index in [0.717, 1.165) is 25.0 Å². The summed E-state index contributed by atoms with van der Waals surface area (Å²) in [5.41, 5.74) is -3.48. The molecule has 3 rings (SSSR count). The Morgan fingerprint density at radius 2 is 2.00 bits per heavy atom. The van der Waals surface area contributed by atoms with Gasteiger partial charge in [0.15, 0.2) is 0 Å².